The Morgan fingerprint density at radius 3 is 2.46 bits per heavy atom. The lowest BCUT2D eigenvalue weighted by molar-refractivity contribution is 0.284. The van der Waals surface area contributed by atoms with Crippen LogP contribution in [0.1, 0.15) is 37.7 Å². The van der Waals surface area contributed by atoms with E-state index in [1.54, 1.807) is 19.4 Å². The average molecular weight is 599 g/mol. The van der Waals surface area contributed by atoms with Crippen LogP contribution in [-0.2, 0) is 12.0 Å². The van der Waals surface area contributed by atoms with Gasteiger partial charge in [-0.25, -0.2) is 4.98 Å². The summed E-state index contributed by atoms with van der Waals surface area (Å²) in [5.74, 6) is 1.74. The molecule has 180 valence electrons. The van der Waals surface area contributed by atoms with Gasteiger partial charge in [0.25, 0.3) is 5.56 Å². The van der Waals surface area contributed by atoms with Gasteiger partial charge in [-0.2, -0.15) is 9.78 Å². The van der Waals surface area contributed by atoms with Gasteiger partial charge in [-0.1, -0.05) is 67.0 Å². The molecule has 4 rings (SSSR count). The number of fused-ring (bicyclic) bond motifs is 1. The van der Waals surface area contributed by atoms with Crippen molar-refractivity contribution in [2.24, 2.45) is 5.10 Å². The van der Waals surface area contributed by atoms with Gasteiger partial charge in [0.05, 0.1) is 24.2 Å². The van der Waals surface area contributed by atoms with Crippen LogP contribution < -0.4 is 15.0 Å². The summed E-state index contributed by atoms with van der Waals surface area (Å²) in [5.41, 5.74) is 1.79. The monoisotopic (exact) mass is 597 g/mol. The number of halogens is 2. The van der Waals surface area contributed by atoms with Crippen molar-refractivity contribution in [1.82, 2.24) is 9.66 Å². The summed E-state index contributed by atoms with van der Waals surface area (Å²) in [6.45, 7) is 6.43. The highest BCUT2D eigenvalue weighted by atomic mass is 79.9. The zero-order chi connectivity index (χ0) is 25.2. The Hall–Kier alpha value is -2.97. The first kappa shape index (κ1) is 25.1. The lowest BCUT2D eigenvalue weighted by Crippen LogP contribution is -2.29. The van der Waals surface area contributed by atoms with Gasteiger partial charge >= 0.3 is 0 Å². The Morgan fingerprint density at radius 1 is 1.03 bits per heavy atom. The van der Waals surface area contributed by atoms with Crippen LogP contribution in [0.4, 0.5) is 0 Å². The standard InChI is InChI=1S/C27H25Br2N3O3/c1-27(2,3)26-31-22-11-10-19(28)13-20(22)25(33)32(26)30-15-18-12-23(34-4)24(14-21(18)29)35-16-17-8-6-5-7-9-17/h5-15H,16H2,1-4H3. The van der Waals surface area contributed by atoms with E-state index < -0.39 is 5.41 Å². The Bertz CT molecular complexity index is 1460. The Balaban J connectivity index is 1.73. The van der Waals surface area contributed by atoms with E-state index in [2.05, 4.69) is 37.0 Å². The van der Waals surface area contributed by atoms with E-state index in [-0.39, 0.29) is 5.56 Å². The van der Waals surface area contributed by atoms with Crippen LogP contribution in [0.25, 0.3) is 10.9 Å². The summed E-state index contributed by atoms with van der Waals surface area (Å²) < 4.78 is 14.5. The molecule has 1 aromatic heterocycles. The van der Waals surface area contributed by atoms with Gasteiger partial charge in [0.2, 0.25) is 0 Å². The maximum atomic E-state index is 13.4. The molecule has 6 nitrogen and oxygen atoms in total. The minimum Gasteiger partial charge on any atom is -0.493 e. The van der Waals surface area contributed by atoms with Crippen LogP contribution >= 0.6 is 31.9 Å². The lowest BCUT2D eigenvalue weighted by Gasteiger charge is -2.21. The second-order valence-corrected chi connectivity index (χ2v) is 10.8. The zero-order valence-corrected chi connectivity index (χ0v) is 23.1. The molecule has 1 heterocycles. The molecule has 4 aromatic rings. The zero-order valence-electron chi connectivity index (χ0n) is 19.9. The number of ether oxygens (including phenoxy) is 2. The molecule has 0 N–H and O–H groups in total. The highest BCUT2D eigenvalue weighted by molar-refractivity contribution is 9.10. The van der Waals surface area contributed by atoms with Crippen molar-refractivity contribution in [2.45, 2.75) is 32.8 Å². The summed E-state index contributed by atoms with van der Waals surface area (Å²) >= 11 is 7.04. The molecule has 0 bridgehead atoms. The maximum absolute atomic E-state index is 13.4. The van der Waals surface area contributed by atoms with E-state index in [9.17, 15) is 4.79 Å². The van der Waals surface area contributed by atoms with E-state index in [4.69, 9.17) is 14.5 Å². The highest BCUT2D eigenvalue weighted by Gasteiger charge is 2.23. The Morgan fingerprint density at radius 2 is 1.77 bits per heavy atom. The number of hydrogen-bond donors (Lipinski definition) is 0. The summed E-state index contributed by atoms with van der Waals surface area (Å²) in [4.78, 5) is 18.1. The lowest BCUT2D eigenvalue weighted by atomic mass is 9.95. The molecule has 0 spiro atoms. The van der Waals surface area contributed by atoms with Crippen LogP contribution in [0.15, 0.2) is 79.5 Å². The fraction of sp³-hybridized carbons (Fsp3) is 0.222. The van der Waals surface area contributed by atoms with Crippen molar-refractivity contribution < 1.29 is 9.47 Å². The molecule has 0 radical (unpaired) electrons. The molecule has 8 heteroatoms. The third-order valence-corrected chi connectivity index (χ3v) is 6.49. The molecular formula is C27H25Br2N3O3. The number of nitrogens with zero attached hydrogens (tertiary/aromatic N) is 3. The topological polar surface area (TPSA) is 65.7 Å². The Labute approximate surface area is 220 Å². The van der Waals surface area contributed by atoms with E-state index in [0.717, 1.165) is 20.1 Å². The number of rotatable bonds is 6. The van der Waals surface area contributed by atoms with E-state index in [0.29, 0.717) is 34.8 Å². The predicted molar refractivity (Wildman–Crippen MR) is 147 cm³/mol. The number of aromatic nitrogens is 2. The van der Waals surface area contributed by atoms with Gasteiger partial charge in [-0.3, -0.25) is 4.79 Å². The van der Waals surface area contributed by atoms with Crippen LogP contribution in [0.3, 0.4) is 0 Å². The first-order chi connectivity index (χ1) is 16.7. The molecule has 0 atom stereocenters. The van der Waals surface area contributed by atoms with Crippen molar-refractivity contribution in [3.05, 3.63) is 96.9 Å². The third-order valence-electron chi connectivity index (χ3n) is 5.31. The minimum absolute atomic E-state index is 0.233. The van der Waals surface area contributed by atoms with Crippen molar-refractivity contribution in [2.75, 3.05) is 7.11 Å². The van der Waals surface area contributed by atoms with Gasteiger partial charge in [-0.15, -0.1) is 0 Å². The molecule has 3 aromatic carbocycles. The number of benzene rings is 3. The SMILES string of the molecule is COc1cc(C=Nn2c(C(C)(C)C)nc3ccc(Br)cc3c2=O)c(Br)cc1OCc1ccccc1. The fourth-order valence-corrected chi connectivity index (χ4v) is 4.30. The van der Waals surface area contributed by atoms with Gasteiger partial charge in [0.1, 0.15) is 12.4 Å². The predicted octanol–water partition coefficient (Wildman–Crippen LogP) is 6.69. The third kappa shape index (κ3) is 5.65. The molecule has 0 aliphatic rings. The van der Waals surface area contributed by atoms with Crippen LogP contribution in [0.5, 0.6) is 11.5 Å². The van der Waals surface area contributed by atoms with E-state index in [1.807, 2.05) is 75.4 Å². The molecule has 35 heavy (non-hydrogen) atoms. The molecule has 0 saturated heterocycles. The first-order valence-corrected chi connectivity index (χ1v) is 12.6. The summed E-state index contributed by atoms with van der Waals surface area (Å²) in [6.07, 6.45) is 1.62. The van der Waals surface area contributed by atoms with Crippen molar-refractivity contribution in [3.8, 4) is 11.5 Å². The molecule has 0 aliphatic heterocycles. The minimum atomic E-state index is -0.401. The average Bonchev–Trinajstić information content (AvgIpc) is 2.83. The summed E-state index contributed by atoms with van der Waals surface area (Å²) in [7, 11) is 1.59. The van der Waals surface area contributed by atoms with E-state index >= 15 is 0 Å². The quantitative estimate of drug-likeness (QED) is 0.232. The maximum Gasteiger partial charge on any atom is 0.282 e. The largest absolute Gasteiger partial charge is 0.493 e. The molecular weight excluding hydrogens is 574 g/mol. The Kier molecular flexibility index (Phi) is 7.42. The van der Waals surface area contributed by atoms with Crippen molar-refractivity contribution in [1.29, 1.82) is 0 Å². The number of methoxy groups -OCH3 is 1. The van der Waals surface area contributed by atoms with Crippen LogP contribution in [0.2, 0.25) is 0 Å². The van der Waals surface area contributed by atoms with Crippen LogP contribution in [-0.4, -0.2) is 23.0 Å². The van der Waals surface area contributed by atoms with Crippen LogP contribution in [0, 0.1) is 0 Å². The summed E-state index contributed by atoms with van der Waals surface area (Å²) in [6, 6.07) is 19.0. The van der Waals surface area contributed by atoms with Gasteiger partial charge in [-0.05, 0) is 51.8 Å². The molecule has 0 saturated carbocycles. The second-order valence-electron chi connectivity index (χ2n) is 9.01. The normalized spacial score (nSPS) is 11.8. The fourth-order valence-electron chi connectivity index (χ4n) is 3.52. The van der Waals surface area contributed by atoms with Gasteiger partial charge in [0.15, 0.2) is 11.5 Å². The molecule has 0 fully saturated rings. The summed E-state index contributed by atoms with van der Waals surface area (Å²) in [5, 5.41) is 5.05. The highest BCUT2D eigenvalue weighted by Crippen LogP contribution is 2.33. The smallest absolute Gasteiger partial charge is 0.282 e. The van der Waals surface area contributed by atoms with E-state index in [1.165, 1.54) is 4.68 Å². The molecule has 0 amide bonds. The molecule has 0 aliphatic carbocycles. The van der Waals surface area contributed by atoms with Crippen molar-refractivity contribution >= 4 is 49.0 Å². The number of hydrogen-bond acceptors (Lipinski definition) is 5. The van der Waals surface area contributed by atoms with Gasteiger partial charge < -0.3 is 9.47 Å². The molecule has 0 unspecified atom stereocenters. The first-order valence-electron chi connectivity index (χ1n) is 11.0. The van der Waals surface area contributed by atoms with Gasteiger partial charge in [0, 0.05) is 19.9 Å². The van der Waals surface area contributed by atoms with Crippen molar-refractivity contribution in [3.63, 3.8) is 0 Å². The second kappa shape index (κ2) is 10.3.